The molecule has 0 saturated heterocycles. The molecule has 0 fully saturated rings. The monoisotopic (exact) mass is 220 g/mol. The Labute approximate surface area is 90.3 Å². The summed E-state index contributed by atoms with van der Waals surface area (Å²) in [5, 5.41) is 8.76. The first-order valence-corrected chi connectivity index (χ1v) is 5.15. The van der Waals surface area contributed by atoms with Crippen molar-refractivity contribution in [2.24, 2.45) is 0 Å². The summed E-state index contributed by atoms with van der Waals surface area (Å²) >= 11 is 0. The van der Waals surface area contributed by atoms with E-state index in [-0.39, 0.29) is 12.7 Å². The van der Waals surface area contributed by atoms with Crippen LogP contribution < -0.4 is 0 Å². The zero-order chi connectivity index (χ0) is 11.7. The zero-order valence-electron chi connectivity index (χ0n) is 9.56. The average Bonchev–Trinajstić information content (AvgIpc) is 2.20. The topological polar surface area (TPSA) is 65.0 Å². The number of carbonyl (C=O) groups is 1. The lowest BCUT2D eigenvalue weighted by molar-refractivity contribution is -0.156. The summed E-state index contributed by atoms with van der Waals surface area (Å²) in [5.41, 5.74) is 0. The predicted molar refractivity (Wildman–Crippen MR) is 55.0 cm³/mol. The highest BCUT2D eigenvalue weighted by Crippen LogP contribution is 1.98. The molecule has 0 aromatic heterocycles. The maximum atomic E-state index is 10.7. The highest BCUT2D eigenvalue weighted by molar-refractivity contribution is 5.72. The van der Waals surface area contributed by atoms with Crippen LogP contribution in [0, 0.1) is 0 Å². The van der Waals surface area contributed by atoms with Gasteiger partial charge in [0.2, 0.25) is 0 Å². The molecule has 15 heavy (non-hydrogen) atoms. The van der Waals surface area contributed by atoms with Crippen molar-refractivity contribution in [3.8, 4) is 0 Å². The molecule has 0 amide bonds. The Morgan fingerprint density at radius 3 is 2.33 bits per heavy atom. The Morgan fingerprint density at radius 1 is 1.20 bits per heavy atom. The molecule has 0 aliphatic rings. The van der Waals surface area contributed by atoms with Gasteiger partial charge in [-0.1, -0.05) is 0 Å². The van der Waals surface area contributed by atoms with Gasteiger partial charge in [0.1, 0.15) is 0 Å². The van der Waals surface area contributed by atoms with Crippen LogP contribution in [-0.4, -0.2) is 49.7 Å². The Balaban J connectivity index is 3.72. The van der Waals surface area contributed by atoms with Gasteiger partial charge in [0.15, 0.2) is 6.10 Å². The van der Waals surface area contributed by atoms with E-state index in [0.29, 0.717) is 19.8 Å². The molecule has 0 aliphatic heterocycles. The molecule has 0 bridgehead atoms. The minimum Gasteiger partial charge on any atom is -0.479 e. The van der Waals surface area contributed by atoms with Gasteiger partial charge in [-0.05, 0) is 20.8 Å². The first-order valence-electron chi connectivity index (χ1n) is 5.15. The minimum absolute atomic E-state index is 0.0530. The number of carboxylic acids is 1. The minimum atomic E-state index is -1.000. The molecule has 0 saturated carbocycles. The molecule has 0 heterocycles. The molecule has 0 radical (unpaired) electrons. The quantitative estimate of drug-likeness (QED) is 0.626. The number of rotatable bonds is 9. The molecule has 0 aromatic rings. The molecule has 2 unspecified atom stereocenters. The fourth-order valence-corrected chi connectivity index (χ4v) is 0.975. The third kappa shape index (κ3) is 7.30. The fraction of sp³-hybridized carbons (Fsp3) is 0.900. The Hall–Kier alpha value is -0.650. The number of ether oxygens (including phenoxy) is 3. The van der Waals surface area contributed by atoms with Crippen molar-refractivity contribution in [3.63, 3.8) is 0 Å². The lowest BCUT2D eigenvalue weighted by atomic mass is 10.3. The summed E-state index contributed by atoms with van der Waals surface area (Å²) in [6.07, 6.45) is -1.01. The molecular weight excluding hydrogens is 200 g/mol. The molecule has 2 atom stereocenters. The van der Waals surface area contributed by atoms with E-state index in [1.165, 1.54) is 0 Å². The average molecular weight is 220 g/mol. The summed E-state index contributed by atoms with van der Waals surface area (Å²) < 4.78 is 15.4. The molecule has 90 valence electrons. The number of hydrogen-bond donors (Lipinski definition) is 1. The Morgan fingerprint density at radius 2 is 1.87 bits per heavy atom. The lowest BCUT2D eigenvalue weighted by Crippen LogP contribution is -2.32. The highest BCUT2D eigenvalue weighted by Gasteiger charge is 2.18. The van der Waals surface area contributed by atoms with Crippen LogP contribution in [0.3, 0.4) is 0 Å². The Bertz CT molecular complexity index is 171. The van der Waals surface area contributed by atoms with Crippen molar-refractivity contribution in [2.45, 2.75) is 33.0 Å². The van der Waals surface area contributed by atoms with Gasteiger partial charge >= 0.3 is 5.97 Å². The van der Waals surface area contributed by atoms with Gasteiger partial charge in [-0.15, -0.1) is 0 Å². The third-order valence-corrected chi connectivity index (χ3v) is 1.73. The van der Waals surface area contributed by atoms with Crippen LogP contribution in [-0.2, 0) is 19.0 Å². The second-order valence-corrected chi connectivity index (χ2v) is 3.09. The molecule has 0 aromatic carbocycles. The summed E-state index contributed by atoms with van der Waals surface area (Å²) in [5.74, 6) is -1.000. The van der Waals surface area contributed by atoms with Gasteiger partial charge in [0.05, 0.1) is 19.3 Å². The van der Waals surface area contributed by atoms with Crippen molar-refractivity contribution < 1.29 is 24.1 Å². The van der Waals surface area contributed by atoms with Crippen molar-refractivity contribution in [2.75, 3.05) is 26.4 Å². The maximum Gasteiger partial charge on any atom is 0.335 e. The summed E-state index contributed by atoms with van der Waals surface area (Å²) in [6, 6.07) is 0. The van der Waals surface area contributed by atoms with Crippen molar-refractivity contribution >= 4 is 5.97 Å². The third-order valence-electron chi connectivity index (χ3n) is 1.73. The van der Waals surface area contributed by atoms with Gasteiger partial charge < -0.3 is 19.3 Å². The van der Waals surface area contributed by atoms with Crippen molar-refractivity contribution in [1.82, 2.24) is 0 Å². The van der Waals surface area contributed by atoms with Gasteiger partial charge in [0, 0.05) is 13.2 Å². The number of hydrogen-bond acceptors (Lipinski definition) is 4. The molecule has 0 spiro atoms. The predicted octanol–water partition coefficient (Wildman–Crippen LogP) is 0.918. The largest absolute Gasteiger partial charge is 0.479 e. The zero-order valence-corrected chi connectivity index (χ0v) is 9.56. The first kappa shape index (κ1) is 14.3. The van der Waals surface area contributed by atoms with Crippen LogP contribution in [0.1, 0.15) is 20.8 Å². The second kappa shape index (κ2) is 8.64. The maximum absolute atomic E-state index is 10.7. The summed E-state index contributed by atoms with van der Waals surface area (Å²) in [6.45, 7) is 6.99. The van der Waals surface area contributed by atoms with E-state index < -0.39 is 12.1 Å². The lowest BCUT2D eigenvalue weighted by Gasteiger charge is -2.17. The van der Waals surface area contributed by atoms with Crippen LogP contribution >= 0.6 is 0 Å². The van der Waals surface area contributed by atoms with E-state index in [0.717, 1.165) is 0 Å². The van der Waals surface area contributed by atoms with Gasteiger partial charge in [-0.2, -0.15) is 0 Å². The molecule has 0 rings (SSSR count). The molecule has 5 heteroatoms. The number of carboxylic acid groups (broad SMARTS) is 1. The highest BCUT2D eigenvalue weighted by atomic mass is 16.6. The van der Waals surface area contributed by atoms with Crippen LogP contribution in [0.4, 0.5) is 0 Å². The fourth-order valence-electron chi connectivity index (χ4n) is 0.975. The first-order chi connectivity index (χ1) is 7.11. The van der Waals surface area contributed by atoms with E-state index in [9.17, 15) is 4.79 Å². The molecular formula is C10H20O5. The van der Waals surface area contributed by atoms with Gasteiger partial charge in [0.25, 0.3) is 0 Å². The van der Waals surface area contributed by atoms with Gasteiger partial charge in [-0.25, -0.2) is 4.79 Å². The Kier molecular flexibility index (Phi) is 8.27. The molecule has 1 N–H and O–H groups in total. The second-order valence-electron chi connectivity index (χ2n) is 3.09. The van der Waals surface area contributed by atoms with Crippen LogP contribution in [0.25, 0.3) is 0 Å². The van der Waals surface area contributed by atoms with Crippen molar-refractivity contribution in [3.05, 3.63) is 0 Å². The van der Waals surface area contributed by atoms with Gasteiger partial charge in [-0.3, -0.25) is 0 Å². The normalized spacial score (nSPS) is 14.9. The summed E-state index contributed by atoms with van der Waals surface area (Å²) in [4.78, 5) is 10.7. The molecule has 5 nitrogen and oxygen atoms in total. The van der Waals surface area contributed by atoms with E-state index >= 15 is 0 Å². The summed E-state index contributed by atoms with van der Waals surface area (Å²) in [7, 11) is 0. The number of aliphatic carboxylic acids is 1. The van der Waals surface area contributed by atoms with E-state index in [2.05, 4.69) is 0 Å². The van der Waals surface area contributed by atoms with Crippen molar-refractivity contribution in [1.29, 1.82) is 0 Å². The SMILES string of the molecule is CCOCC(C)OCC(OCC)C(=O)O. The van der Waals surface area contributed by atoms with E-state index in [1.54, 1.807) is 6.92 Å². The van der Waals surface area contributed by atoms with Crippen LogP contribution in [0.15, 0.2) is 0 Å². The van der Waals surface area contributed by atoms with E-state index in [4.69, 9.17) is 19.3 Å². The van der Waals surface area contributed by atoms with E-state index in [1.807, 2.05) is 13.8 Å². The molecule has 0 aliphatic carbocycles. The standard InChI is InChI=1S/C10H20O5/c1-4-13-6-8(3)15-7-9(10(11)12)14-5-2/h8-9H,4-7H2,1-3H3,(H,11,12). The smallest absolute Gasteiger partial charge is 0.335 e. The van der Waals surface area contributed by atoms with Crippen LogP contribution in [0.2, 0.25) is 0 Å². The van der Waals surface area contributed by atoms with Crippen LogP contribution in [0.5, 0.6) is 0 Å².